The first-order valence-electron chi connectivity index (χ1n) is 10.6. The summed E-state index contributed by atoms with van der Waals surface area (Å²) in [6.45, 7) is 1.65. The highest BCUT2D eigenvalue weighted by Crippen LogP contribution is 2.30. The number of aromatic nitrogens is 2. The van der Waals surface area contributed by atoms with E-state index >= 15 is 0 Å². The number of nitrogens with zero attached hydrogens (tertiary/aromatic N) is 3. The Kier molecular flexibility index (Phi) is 7.45. The molecule has 0 saturated heterocycles. The van der Waals surface area contributed by atoms with Crippen LogP contribution in [0.3, 0.4) is 0 Å². The van der Waals surface area contributed by atoms with Gasteiger partial charge in [-0.25, -0.2) is 13.4 Å². The van der Waals surface area contributed by atoms with Crippen LogP contribution in [0.15, 0.2) is 90.1 Å². The van der Waals surface area contributed by atoms with Gasteiger partial charge in [-0.3, -0.25) is 9.10 Å². The average Bonchev–Trinajstić information content (AvgIpc) is 3.29. The van der Waals surface area contributed by atoms with Crippen LogP contribution in [0.4, 0.5) is 5.69 Å². The van der Waals surface area contributed by atoms with Crippen molar-refractivity contribution in [2.45, 2.75) is 18.4 Å². The van der Waals surface area contributed by atoms with E-state index in [2.05, 4.69) is 10.3 Å². The molecule has 1 amide bonds. The zero-order chi connectivity index (χ0) is 25.0. The molecule has 7 nitrogen and oxygen atoms in total. The van der Waals surface area contributed by atoms with Crippen LogP contribution in [-0.4, -0.2) is 30.4 Å². The average molecular weight is 529 g/mol. The first-order valence-corrected chi connectivity index (χ1v) is 12.8. The van der Waals surface area contributed by atoms with Crippen molar-refractivity contribution >= 4 is 44.8 Å². The predicted octanol–water partition coefficient (Wildman–Crippen LogP) is 5.00. The van der Waals surface area contributed by atoms with E-state index in [0.29, 0.717) is 0 Å². The van der Waals surface area contributed by atoms with Crippen molar-refractivity contribution in [2.75, 3.05) is 10.8 Å². The molecular weight excluding hydrogens is 507 g/mol. The SMILES string of the molecule is Cc1nccn1-c1ccccc1CNC(=O)CN(c1ccc(Cl)c(Cl)c1)S(=O)(=O)c1ccccc1. The van der Waals surface area contributed by atoms with Crippen LogP contribution >= 0.6 is 23.2 Å². The third-order valence-corrected chi connectivity index (χ3v) is 7.89. The quantitative estimate of drug-likeness (QED) is 0.348. The van der Waals surface area contributed by atoms with Gasteiger partial charge >= 0.3 is 0 Å². The van der Waals surface area contributed by atoms with Gasteiger partial charge in [-0.1, -0.05) is 59.6 Å². The Morgan fingerprint density at radius 1 is 1.00 bits per heavy atom. The highest BCUT2D eigenvalue weighted by Gasteiger charge is 2.27. The van der Waals surface area contributed by atoms with Gasteiger partial charge in [0.25, 0.3) is 10.0 Å². The molecule has 0 fully saturated rings. The van der Waals surface area contributed by atoms with Crippen LogP contribution in [-0.2, 0) is 21.4 Å². The largest absolute Gasteiger partial charge is 0.350 e. The number of nitrogens with one attached hydrogen (secondary N) is 1. The smallest absolute Gasteiger partial charge is 0.264 e. The molecule has 0 unspecified atom stereocenters. The maximum absolute atomic E-state index is 13.4. The van der Waals surface area contributed by atoms with Crippen molar-refractivity contribution in [2.24, 2.45) is 0 Å². The van der Waals surface area contributed by atoms with Crippen molar-refractivity contribution in [3.8, 4) is 5.69 Å². The minimum Gasteiger partial charge on any atom is -0.350 e. The molecule has 0 aliphatic rings. The van der Waals surface area contributed by atoms with Crippen LogP contribution in [0, 0.1) is 6.92 Å². The lowest BCUT2D eigenvalue weighted by atomic mass is 10.1. The van der Waals surface area contributed by atoms with E-state index in [9.17, 15) is 13.2 Å². The van der Waals surface area contributed by atoms with E-state index < -0.39 is 22.5 Å². The molecule has 4 rings (SSSR count). The normalized spacial score (nSPS) is 11.3. The van der Waals surface area contributed by atoms with Crippen LogP contribution in [0.5, 0.6) is 0 Å². The summed E-state index contributed by atoms with van der Waals surface area (Å²) in [6.07, 6.45) is 3.54. The van der Waals surface area contributed by atoms with Crippen molar-refractivity contribution in [3.63, 3.8) is 0 Å². The summed E-state index contributed by atoms with van der Waals surface area (Å²) in [5.74, 6) is 0.330. The molecule has 3 aromatic carbocycles. The number of para-hydroxylation sites is 1. The fourth-order valence-electron chi connectivity index (χ4n) is 3.58. The van der Waals surface area contributed by atoms with Gasteiger partial charge in [0.15, 0.2) is 0 Å². The lowest BCUT2D eigenvalue weighted by Gasteiger charge is -2.24. The fraction of sp³-hybridized carbons (Fsp3) is 0.120. The number of carbonyl (C=O) groups is 1. The first kappa shape index (κ1) is 24.8. The molecule has 10 heteroatoms. The van der Waals surface area contributed by atoms with Gasteiger partial charge < -0.3 is 9.88 Å². The number of rotatable bonds is 8. The molecule has 1 N–H and O–H groups in total. The van der Waals surface area contributed by atoms with Gasteiger partial charge in [-0.2, -0.15) is 0 Å². The topological polar surface area (TPSA) is 84.3 Å². The molecule has 0 aliphatic heterocycles. The van der Waals surface area contributed by atoms with E-state index in [1.165, 1.54) is 30.3 Å². The highest BCUT2D eigenvalue weighted by atomic mass is 35.5. The predicted molar refractivity (Wildman–Crippen MR) is 138 cm³/mol. The Bertz CT molecular complexity index is 1460. The lowest BCUT2D eigenvalue weighted by Crippen LogP contribution is -2.40. The lowest BCUT2D eigenvalue weighted by molar-refractivity contribution is -0.119. The van der Waals surface area contributed by atoms with E-state index in [-0.39, 0.29) is 27.2 Å². The number of hydrogen-bond donors (Lipinski definition) is 1. The van der Waals surface area contributed by atoms with E-state index in [1.807, 2.05) is 42.0 Å². The molecule has 0 bridgehead atoms. The Morgan fingerprint density at radius 3 is 2.40 bits per heavy atom. The Morgan fingerprint density at radius 2 is 1.71 bits per heavy atom. The monoisotopic (exact) mass is 528 g/mol. The molecule has 35 heavy (non-hydrogen) atoms. The van der Waals surface area contributed by atoms with Crippen LogP contribution in [0.25, 0.3) is 5.69 Å². The maximum Gasteiger partial charge on any atom is 0.264 e. The zero-order valence-electron chi connectivity index (χ0n) is 18.7. The second-order valence-electron chi connectivity index (χ2n) is 7.67. The minimum atomic E-state index is -4.05. The second-order valence-corrected chi connectivity index (χ2v) is 10.3. The zero-order valence-corrected chi connectivity index (χ0v) is 21.1. The van der Waals surface area contributed by atoms with E-state index in [4.69, 9.17) is 23.2 Å². The molecule has 0 spiro atoms. The summed E-state index contributed by atoms with van der Waals surface area (Å²) >= 11 is 12.2. The number of hydrogen-bond acceptors (Lipinski definition) is 4. The minimum absolute atomic E-state index is 0.0554. The number of aryl methyl sites for hydroxylation is 1. The summed E-state index contributed by atoms with van der Waals surface area (Å²) < 4.78 is 29.8. The summed E-state index contributed by atoms with van der Waals surface area (Å²) in [5.41, 5.74) is 1.96. The molecule has 180 valence electrons. The number of imidazole rings is 1. The van der Waals surface area contributed by atoms with Gasteiger partial charge in [-0.15, -0.1) is 0 Å². The molecule has 0 aliphatic carbocycles. The Balaban J connectivity index is 1.59. The fourth-order valence-corrected chi connectivity index (χ4v) is 5.31. The van der Waals surface area contributed by atoms with Gasteiger partial charge in [0.2, 0.25) is 5.91 Å². The number of halogens is 2. The number of amides is 1. The van der Waals surface area contributed by atoms with E-state index in [0.717, 1.165) is 21.4 Å². The van der Waals surface area contributed by atoms with E-state index in [1.54, 1.807) is 24.4 Å². The summed E-state index contributed by atoms with van der Waals surface area (Å²) in [7, 11) is -4.05. The van der Waals surface area contributed by atoms with Crippen LogP contribution in [0.1, 0.15) is 11.4 Å². The second kappa shape index (κ2) is 10.5. The van der Waals surface area contributed by atoms with Gasteiger partial charge in [0.05, 0.1) is 26.3 Å². The van der Waals surface area contributed by atoms with Gasteiger partial charge in [0, 0.05) is 18.9 Å². The standard InChI is InChI=1S/C25H22Cl2N4O3S/c1-18-28-13-14-30(18)24-10-6-5-7-19(24)16-29-25(32)17-31(20-11-12-22(26)23(27)15-20)35(33,34)21-8-3-2-4-9-21/h2-15H,16-17H2,1H3,(H,29,32). The molecule has 0 atom stereocenters. The third-order valence-electron chi connectivity index (χ3n) is 5.36. The van der Waals surface area contributed by atoms with Crippen molar-refractivity contribution in [3.05, 3.63) is 107 Å². The van der Waals surface area contributed by atoms with Gasteiger partial charge in [-0.05, 0) is 48.9 Å². The van der Waals surface area contributed by atoms with Crippen molar-refractivity contribution in [1.29, 1.82) is 0 Å². The molecule has 0 radical (unpaired) electrons. The Labute approximate surface area is 214 Å². The highest BCUT2D eigenvalue weighted by molar-refractivity contribution is 7.92. The number of benzene rings is 3. The Hall–Kier alpha value is -3.33. The molecule has 4 aromatic rings. The van der Waals surface area contributed by atoms with Gasteiger partial charge in [0.1, 0.15) is 12.4 Å². The molecule has 1 heterocycles. The molecule has 1 aromatic heterocycles. The number of anilines is 1. The summed E-state index contributed by atoms with van der Waals surface area (Å²) in [5, 5.41) is 3.30. The van der Waals surface area contributed by atoms with Crippen molar-refractivity contribution < 1.29 is 13.2 Å². The van der Waals surface area contributed by atoms with Crippen LogP contribution in [0.2, 0.25) is 10.0 Å². The summed E-state index contributed by atoms with van der Waals surface area (Å²) in [6, 6.07) is 19.9. The molecular formula is C25H22Cl2N4O3S. The summed E-state index contributed by atoms with van der Waals surface area (Å²) in [4.78, 5) is 17.3. The van der Waals surface area contributed by atoms with Crippen LogP contribution < -0.4 is 9.62 Å². The van der Waals surface area contributed by atoms with Crippen molar-refractivity contribution in [1.82, 2.24) is 14.9 Å². The first-order chi connectivity index (χ1) is 16.8. The molecule has 0 saturated carbocycles. The third kappa shape index (κ3) is 5.51. The number of sulfonamides is 1. The number of carbonyl (C=O) groups excluding carboxylic acids is 1. The maximum atomic E-state index is 13.4.